The molecule has 3 aliphatic heterocycles. The Morgan fingerprint density at radius 1 is 1.14 bits per heavy atom. The largest absolute Gasteiger partial charge is 0.468 e. The van der Waals surface area contributed by atoms with Gasteiger partial charge in [0.2, 0.25) is 15.0 Å². The second-order valence-electron chi connectivity index (χ2n) is 12.6. The van der Waals surface area contributed by atoms with Crippen LogP contribution in [0, 0.1) is 0 Å². The maximum atomic E-state index is 13.0. The summed E-state index contributed by atoms with van der Waals surface area (Å²) in [5.74, 6) is 1.19. The Hall–Kier alpha value is -3.00. The highest BCUT2D eigenvalue weighted by atomic mass is 79.9. The lowest BCUT2D eigenvalue weighted by Crippen LogP contribution is -2.57. The van der Waals surface area contributed by atoms with Crippen LogP contribution < -0.4 is 9.64 Å². The van der Waals surface area contributed by atoms with E-state index in [1.165, 1.54) is 0 Å². The van der Waals surface area contributed by atoms with Crippen LogP contribution in [0.15, 0.2) is 40.0 Å². The van der Waals surface area contributed by atoms with E-state index >= 15 is 0 Å². The average Bonchev–Trinajstić information content (AvgIpc) is 3.23. The van der Waals surface area contributed by atoms with Crippen LogP contribution >= 0.6 is 15.9 Å². The number of rotatable bonds is 6. The third-order valence-corrected chi connectivity index (χ3v) is 9.70. The molecule has 6 rings (SSSR count). The van der Waals surface area contributed by atoms with Crippen LogP contribution in [0.25, 0.3) is 10.8 Å². The molecule has 4 heterocycles. The summed E-state index contributed by atoms with van der Waals surface area (Å²) in [6, 6.07) is 9.71. The first-order valence-corrected chi connectivity index (χ1v) is 17.3. The monoisotopic (exact) mass is 688 g/mol. The predicted molar refractivity (Wildman–Crippen MR) is 168 cm³/mol. The molecule has 2 saturated heterocycles. The number of hydrogen-bond acceptors (Lipinski definition) is 10. The van der Waals surface area contributed by atoms with Crippen LogP contribution in [0.2, 0.25) is 0 Å². The summed E-state index contributed by atoms with van der Waals surface area (Å²) in [5.41, 5.74) is 1.72. The molecule has 236 valence electrons. The molecule has 2 fully saturated rings. The highest BCUT2D eigenvalue weighted by Gasteiger charge is 2.45. The first-order chi connectivity index (χ1) is 20.8. The van der Waals surface area contributed by atoms with Crippen LogP contribution in [0.3, 0.4) is 0 Å². The number of sulfone groups is 1. The summed E-state index contributed by atoms with van der Waals surface area (Å²) in [5, 5.41) is 1.74. The zero-order valence-corrected chi connectivity index (χ0v) is 27.9. The Labute approximate surface area is 265 Å². The number of fused-ring (bicyclic) bond motifs is 4. The lowest BCUT2D eigenvalue weighted by molar-refractivity contribution is 0.0119. The Kier molecular flexibility index (Phi) is 8.27. The van der Waals surface area contributed by atoms with Gasteiger partial charge >= 0.3 is 6.09 Å². The highest BCUT2D eigenvalue weighted by Crippen LogP contribution is 2.42. The smallest absolute Gasteiger partial charge is 0.410 e. The number of nitrogens with zero attached hydrogens (tertiary/aromatic N) is 4. The Bertz CT molecular complexity index is 1700. The van der Waals surface area contributed by atoms with Crippen molar-refractivity contribution < 1.29 is 32.2 Å². The average molecular weight is 690 g/mol. The lowest BCUT2D eigenvalue weighted by atomic mass is 9.94. The van der Waals surface area contributed by atoms with Crippen molar-refractivity contribution in [2.75, 3.05) is 38.1 Å². The number of hydrogen-bond donors (Lipinski definition) is 0. The van der Waals surface area contributed by atoms with Crippen molar-refractivity contribution in [1.82, 2.24) is 14.9 Å². The number of piperazine rings is 1. The third kappa shape index (κ3) is 6.11. The second-order valence-corrected chi connectivity index (χ2v) is 15.4. The van der Waals surface area contributed by atoms with E-state index in [0.29, 0.717) is 36.8 Å². The molecule has 2 bridgehead atoms. The summed E-state index contributed by atoms with van der Waals surface area (Å²) in [7, 11) is -2.14. The molecule has 3 aromatic rings. The fourth-order valence-electron chi connectivity index (χ4n) is 6.40. The normalized spacial score (nSPS) is 21.8. The van der Waals surface area contributed by atoms with Gasteiger partial charge in [-0.2, -0.15) is 0 Å². The first-order valence-electron chi connectivity index (χ1n) is 14.6. The summed E-state index contributed by atoms with van der Waals surface area (Å²) < 4.78 is 49.7. The molecule has 0 aliphatic carbocycles. The number of carbonyl (C=O) groups is 1. The summed E-state index contributed by atoms with van der Waals surface area (Å²) in [6.07, 6.45) is 2.43. The van der Waals surface area contributed by atoms with E-state index in [-0.39, 0.29) is 36.7 Å². The zero-order chi connectivity index (χ0) is 31.4. The quantitative estimate of drug-likeness (QED) is 0.253. The maximum absolute atomic E-state index is 13.0. The lowest BCUT2D eigenvalue weighted by Gasteiger charge is -2.42. The number of anilines is 1. The number of aromatic nitrogens is 2. The van der Waals surface area contributed by atoms with Gasteiger partial charge in [0, 0.05) is 48.3 Å². The van der Waals surface area contributed by atoms with E-state index in [4.69, 9.17) is 18.9 Å². The number of ether oxygens (including phenoxy) is 4. The van der Waals surface area contributed by atoms with Crippen LogP contribution in [0.4, 0.5) is 10.6 Å². The van der Waals surface area contributed by atoms with Gasteiger partial charge in [0.15, 0.2) is 6.79 Å². The number of benzene rings is 2. The standard InChI is InChI=1S/C31H37BrN4O7S/c1-31(2,3)43-30(37)36-19-9-10-20(36)15-35(14-19)28-23-16-41-26(13-25(23)33-29(34-28)44(5,38)39)22-12-21(42-17-40-4)11-18-7-6-8-24(32)27(18)22/h6-8,11-12,19-20,26H,9-10,13-17H2,1-5H3. The maximum Gasteiger partial charge on any atom is 0.410 e. The number of carbonyl (C=O) groups excluding carboxylic acids is 1. The Balaban J connectivity index is 1.35. The van der Waals surface area contributed by atoms with Crippen LogP contribution in [-0.4, -0.2) is 80.3 Å². The molecule has 0 spiro atoms. The van der Waals surface area contributed by atoms with Gasteiger partial charge in [-0.05, 0) is 62.8 Å². The minimum absolute atomic E-state index is 0.0632. The van der Waals surface area contributed by atoms with Crippen LogP contribution in [0.1, 0.15) is 56.5 Å². The van der Waals surface area contributed by atoms with Gasteiger partial charge in [0.05, 0.1) is 30.5 Å². The molecule has 3 aliphatic rings. The Morgan fingerprint density at radius 2 is 1.86 bits per heavy atom. The SMILES string of the molecule is COCOc1cc(C2Cc3nc(S(C)(=O)=O)nc(N4CC5CCC(C4)N5C(=O)OC(C)(C)C)c3CO2)c2c(Br)cccc2c1. The van der Waals surface area contributed by atoms with E-state index in [9.17, 15) is 13.2 Å². The molecule has 0 saturated carbocycles. The molecule has 3 unspecified atom stereocenters. The van der Waals surface area contributed by atoms with E-state index < -0.39 is 21.5 Å². The molecule has 1 amide bonds. The summed E-state index contributed by atoms with van der Waals surface area (Å²) in [4.78, 5) is 26.1. The van der Waals surface area contributed by atoms with Crippen molar-refractivity contribution in [2.45, 2.75) is 75.6 Å². The molecule has 1 aromatic heterocycles. The van der Waals surface area contributed by atoms with Gasteiger partial charge in [-0.15, -0.1) is 0 Å². The van der Waals surface area contributed by atoms with Gasteiger partial charge < -0.3 is 23.8 Å². The molecule has 13 heteroatoms. The second kappa shape index (κ2) is 11.7. The van der Waals surface area contributed by atoms with E-state index in [0.717, 1.165) is 45.5 Å². The summed E-state index contributed by atoms with van der Waals surface area (Å²) >= 11 is 3.70. The molecule has 2 aromatic carbocycles. The number of amides is 1. The molecular formula is C31H37BrN4O7S. The van der Waals surface area contributed by atoms with Crippen LogP contribution in [0.5, 0.6) is 5.75 Å². The van der Waals surface area contributed by atoms with Crippen molar-refractivity contribution in [2.24, 2.45) is 0 Å². The fraction of sp³-hybridized carbons (Fsp3) is 0.516. The zero-order valence-electron chi connectivity index (χ0n) is 25.5. The minimum Gasteiger partial charge on any atom is -0.468 e. The summed E-state index contributed by atoms with van der Waals surface area (Å²) in [6.45, 7) is 6.92. The molecular weight excluding hydrogens is 652 g/mol. The highest BCUT2D eigenvalue weighted by molar-refractivity contribution is 9.10. The molecule has 44 heavy (non-hydrogen) atoms. The van der Waals surface area contributed by atoms with E-state index in [1.54, 1.807) is 7.11 Å². The van der Waals surface area contributed by atoms with Gasteiger partial charge in [0.1, 0.15) is 17.2 Å². The Morgan fingerprint density at radius 3 is 2.52 bits per heavy atom. The van der Waals surface area contributed by atoms with Gasteiger partial charge in [0.25, 0.3) is 0 Å². The predicted octanol–water partition coefficient (Wildman–Crippen LogP) is 5.18. The number of methoxy groups -OCH3 is 1. The topological polar surface area (TPSA) is 120 Å². The number of halogens is 1. The van der Waals surface area contributed by atoms with Crippen LogP contribution in [-0.2, 0) is 37.1 Å². The van der Waals surface area contributed by atoms with Crippen molar-refractivity contribution in [3.63, 3.8) is 0 Å². The van der Waals surface area contributed by atoms with Crippen molar-refractivity contribution in [1.29, 1.82) is 0 Å². The van der Waals surface area contributed by atoms with Gasteiger partial charge in [-0.1, -0.05) is 28.1 Å². The van der Waals surface area contributed by atoms with Crippen molar-refractivity contribution >= 4 is 48.5 Å². The third-order valence-electron chi connectivity index (χ3n) is 8.20. The van der Waals surface area contributed by atoms with E-state index in [1.807, 2.05) is 56.0 Å². The van der Waals surface area contributed by atoms with Crippen molar-refractivity contribution in [3.8, 4) is 5.75 Å². The van der Waals surface area contributed by atoms with Gasteiger partial charge in [-0.25, -0.2) is 23.2 Å². The molecule has 0 N–H and O–H groups in total. The van der Waals surface area contributed by atoms with E-state index in [2.05, 4.69) is 30.8 Å². The molecule has 11 nitrogen and oxygen atoms in total. The van der Waals surface area contributed by atoms with Crippen molar-refractivity contribution in [3.05, 3.63) is 51.6 Å². The first kappa shape index (κ1) is 31.0. The van der Waals surface area contributed by atoms with Gasteiger partial charge in [-0.3, -0.25) is 4.90 Å². The molecule has 3 atom stereocenters. The molecule has 0 radical (unpaired) electrons. The fourth-order valence-corrected chi connectivity index (χ4v) is 7.53. The minimum atomic E-state index is -3.71.